The summed E-state index contributed by atoms with van der Waals surface area (Å²) < 4.78 is 0. The first kappa shape index (κ1) is 9.38. The minimum atomic E-state index is -0.325. The van der Waals surface area contributed by atoms with E-state index in [9.17, 15) is 4.79 Å². The molecule has 0 radical (unpaired) electrons. The first-order chi connectivity index (χ1) is 6.20. The Hall–Kier alpha value is -1.71. The molecule has 0 saturated heterocycles. The number of aliphatic imine (C=N–C) groups is 1. The molecule has 0 aliphatic carbocycles. The Bertz CT molecular complexity index is 306. The van der Waals surface area contributed by atoms with E-state index >= 15 is 0 Å². The summed E-state index contributed by atoms with van der Waals surface area (Å²) in [6, 6.07) is 5.15. The van der Waals surface area contributed by atoms with Gasteiger partial charge in [0.15, 0.2) is 0 Å². The monoisotopic (exact) mass is 177 g/mol. The summed E-state index contributed by atoms with van der Waals surface area (Å²) >= 11 is 0. The summed E-state index contributed by atoms with van der Waals surface area (Å²) in [5.74, 6) is -0.325. The molecule has 13 heavy (non-hydrogen) atoms. The molecule has 0 fully saturated rings. The molecule has 0 aromatic carbocycles. The molecule has 0 spiro atoms. The Morgan fingerprint density at radius 3 is 2.85 bits per heavy atom. The van der Waals surface area contributed by atoms with Crippen molar-refractivity contribution in [3.63, 3.8) is 0 Å². The number of carbonyl (C=O) groups is 1. The van der Waals surface area contributed by atoms with Crippen LogP contribution in [0.25, 0.3) is 0 Å². The third-order valence-corrected chi connectivity index (χ3v) is 1.29. The summed E-state index contributed by atoms with van der Waals surface area (Å²) in [4.78, 5) is 20.5. The quantitative estimate of drug-likeness (QED) is 0.496. The maximum Gasteiger partial charge on any atom is 0.296 e. The van der Waals surface area contributed by atoms with Crippen molar-refractivity contribution in [3.05, 3.63) is 30.1 Å². The third kappa shape index (κ3) is 3.02. The van der Waals surface area contributed by atoms with Crippen LogP contribution in [0.4, 0.5) is 0 Å². The molecular weight excluding hydrogens is 166 g/mol. The molecule has 1 amide bonds. The van der Waals surface area contributed by atoms with Gasteiger partial charge in [0.2, 0.25) is 0 Å². The van der Waals surface area contributed by atoms with Crippen LogP contribution in [-0.2, 0) is 0 Å². The van der Waals surface area contributed by atoms with Gasteiger partial charge in [-0.2, -0.15) is 4.99 Å². The van der Waals surface area contributed by atoms with Crippen molar-refractivity contribution in [2.75, 3.05) is 14.1 Å². The van der Waals surface area contributed by atoms with Gasteiger partial charge in [-0.05, 0) is 12.1 Å². The van der Waals surface area contributed by atoms with E-state index in [2.05, 4.69) is 9.98 Å². The average Bonchev–Trinajstić information content (AvgIpc) is 2.15. The van der Waals surface area contributed by atoms with Crippen LogP contribution in [0.5, 0.6) is 0 Å². The van der Waals surface area contributed by atoms with Crippen molar-refractivity contribution >= 4 is 12.2 Å². The third-order valence-electron chi connectivity index (χ3n) is 1.29. The molecule has 0 aliphatic heterocycles. The lowest BCUT2D eigenvalue weighted by Gasteiger charge is -2.00. The zero-order chi connectivity index (χ0) is 9.68. The normalized spacial score (nSPS) is 10.3. The van der Waals surface area contributed by atoms with Gasteiger partial charge in [-0.25, -0.2) is 0 Å². The van der Waals surface area contributed by atoms with Crippen molar-refractivity contribution < 1.29 is 4.79 Å². The molecule has 1 aromatic heterocycles. The molecular formula is C9H11N3O. The number of carbonyl (C=O) groups excluding carboxylic acids is 1. The van der Waals surface area contributed by atoms with Crippen molar-refractivity contribution in [3.8, 4) is 0 Å². The highest BCUT2D eigenvalue weighted by Crippen LogP contribution is 1.95. The second kappa shape index (κ2) is 4.35. The second-order valence-electron chi connectivity index (χ2n) is 2.73. The van der Waals surface area contributed by atoms with Gasteiger partial charge in [-0.1, -0.05) is 6.07 Å². The zero-order valence-electron chi connectivity index (χ0n) is 7.64. The standard InChI is InChI=1S/C9H11N3O/c1-12(2)7-11-9(13)8-5-3-4-6-10-8/h3-7H,1-2H3/b11-7+. The number of nitrogens with zero attached hydrogens (tertiary/aromatic N) is 3. The predicted octanol–water partition coefficient (Wildman–Crippen LogP) is 0.812. The molecule has 4 nitrogen and oxygen atoms in total. The smallest absolute Gasteiger partial charge is 0.296 e. The summed E-state index contributed by atoms with van der Waals surface area (Å²) in [6.07, 6.45) is 3.02. The number of rotatable bonds is 2. The van der Waals surface area contributed by atoms with Crippen LogP contribution in [0.1, 0.15) is 10.5 Å². The fourth-order valence-corrected chi connectivity index (χ4v) is 0.723. The van der Waals surface area contributed by atoms with E-state index in [1.165, 1.54) is 6.34 Å². The number of pyridine rings is 1. The molecule has 0 atom stereocenters. The number of hydrogen-bond acceptors (Lipinski definition) is 2. The van der Waals surface area contributed by atoms with Crippen molar-refractivity contribution in [2.24, 2.45) is 4.99 Å². The minimum Gasteiger partial charge on any atom is -0.369 e. The summed E-state index contributed by atoms with van der Waals surface area (Å²) in [5, 5.41) is 0. The Labute approximate surface area is 76.9 Å². The van der Waals surface area contributed by atoms with Crippen LogP contribution in [0, 0.1) is 0 Å². The fraction of sp³-hybridized carbons (Fsp3) is 0.222. The highest BCUT2D eigenvalue weighted by molar-refractivity contribution is 5.96. The largest absolute Gasteiger partial charge is 0.369 e. The molecule has 0 saturated carbocycles. The molecule has 68 valence electrons. The Morgan fingerprint density at radius 2 is 2.31 bits per heavy atom. The summed E-state index contributed by atoms with van der Waals surface area (Å²) in [7, 11) is 3.60. The van der Waals surface area contributed by atoms with E-state index in [1.54, 1.807) is 43.4 Å². The van der Waals surface area contributed by atoms with Gasteiger partial charge in [-0.3, -0.25) is 9.78 Å². The molecule has 1 aromatic rings. The second-order valence-corrected chi connectivity index (χ2v) is 2.73. The molecule has 1 rings (SSSR count). The maximum absolute atomic E-state index is 11.3. The fourth-order valence-electron chi connectivity index (χ4n) is 0.723. The molecule has 0 aliphatic rings. The lowest BCUT2D eigenvalue weighted by atomic mass is 10.3. The highest BCUT2D eigenvalue weighted by atomic mass is 16.1. The predicted molar refractivity (Wildman–Crippen MR) is 50.7 cm³/mol. The molecule has 4 heteroatoms. The summed E-state index contributed by atoms with van der Waals surface area (Å²) in [5.41, 5.74) is 0.362. The molecule has 0 bridgehead atoms. The molecule has 0 unspecified atom stereocenters. The number of hydrogen-bond donors (Lipinski definition) is 0. The SMILES string of the molecule is CN(C)/C=N/C(=O)c1ccccn1. The van der Waals surface area contributed by atoms with Gasteiger partial charge in [0.25, 0.3) is 5.91 Å². The van der Waals surface area contributed by atoms with E-state index in [0.29, 0.717) is 5.69 Å². The topological polar surface area (TPSA) is 45.6 Å². The molecule has 1 heterocycles. The van der Waals surface area contributed by atoms with Crippen molar-refractivity contribution in [1.29, 1.82) is 0 Å². The van der Waals surface area contributed by atoms with Crippen LogP contribution in [0.15, 0.2) is 29.4 Å². The van der Waals surface area contributed by atoms with Crippen LogP contribution >= 0.6 is 0 Å². The maximum atomic E-state index is 11.3. The van der Waals surface area contributed by atoms with Gasteiger partial charge in [0.05, 0.1) is 6.34 Å². The number of aromatic nitrogens is 1. The van der Waals surface area contributed by atoms with Gasteiger partial charge in [0, 0.05) is 20.3 Å². The zero-order valence-corrected chi connectivity index (χ0v) is 7.64. The van der Waals surface area contributed by atoms with Crippen molar-refractivity contribution in [1.82, 2.24) is 9.88 Å². The molecule has 0 N–H and O–H groups in total. The van der Waals surface area contributed by atoms with E-state index in [0.717, 1.165) is 0 Å². The lowest BCUT2D eigenvalue weighted by molar-refractivity contribution is 0.0997. The van der Waals surface area contributed by atoms with E-state index in [-0.39, 0.29) is 5.91 Å². The van der Waals surface area contributed by atoms with Crippen LogP contribution < -0.4 is 0 Å². The number of amides is 1. The Balaban J connectivity index is 2.70. The Morgan fingerprint density at radius 1 is 1.54 bits per heavy atom. The van der Waals surface area contributed by atoms with E-state index in [1.807, 2.05) is 0 Å². The van der Waals surface area contributed by atoms with Gasteiger partial charge in [0.1, 0.15) is 5.69 Å². The Kier molecular flexibility index (Phi) is 3.14. The highest BCUT2D eigenvalue weighted by Gasteiger charge is 2.01. The average molecular weight is 177 g/mol. The van der Waals surface area contributed by atoms with Gasteiger partial charge >= 0.3 is 0 Å². The summed E-state index contributed by atoms with van der Waals surface area (Å²) in [6.45, 7) is 0. The van der Waals surface area contributed by atoms with E-state index < -0.39 is 0 Å². The van der Waals surface area contributed by atoms with Crippen LogP contribution in [0.3, 0.4) is 0 Å². The lowest BCUT2D eigenvalue weighted by Crippen LogP contribution is -2.10. The first-order valence-electron chi connectivity index (χ1n) is 3.86. The minimum absolute atomic E-state index is 0.325. The van der Waals surface area contributed by atoms with Gasteiger partial charge < -0.3 is 4.90 Å². The van der Waals surface area contributed by atoms with Gasteiger partial charge in [-0.15, -0.1) is 0 Å². The van der Waals surface area contributed by atoms with Crippen LogP contribution in [0.2, 0.25) is 0 Å². The van der Waals surface area contributed by atoms with E-state index in [4.69, 9.17) is 0 Å². The van der Waals surface area contributed by atoms with Crippen LogP contribution in [-0.4, -0.2) is 36.2 Å². The van der Waals surface area contributed by atoms with Crippen molar-refractivity contribution in [2.45, 2.75) is 0 Å². The first-order valence-corrected chi connectivity index (χ1v) is 3.86.